The van der Waals surface area contributed by atoms with Gasteiger partial charge in [-0.1, -0.05) is 6.92 Å². The summed E-state index contributed by atoms with van der Waals surface area (Å²) < 4.78 is 5.81. The maximum Gasteiger partial charge on any atom is 0.306 e. The summed E-state index contributed by atoms with van der Waals surface area (Å²) in [5, 5.41) is 11.5. The maximum absolute atomic E-state index is 11.9. The van der Waals surface area contributed by atoms with Crippen LogP contribution in [0.1, 0.15) is 30.1 Å². The summed E-state index contributed by atoms with van der Waals surface area (Å²) in [5.41, 5.74) is 0.531. The van der Waals surface area contributed by atoms with Crippen LogP contribution < -0.4 is 10.1 Å². The van der Waals surface area contributed by atoms with Crippen LogP contribution in [0.15, 0.2) is 22.7 Å². The minimum Gasteiger partial charge on any atom is -0.496 e. The fourth-order valence-electron chi connectivity index (χ4n) is 1.64. The second-order valence-corrected chi connectivity index (χ2v) is 5.34. The molecule has 0 saturated carbocycles. The van der Waals surface area contributed by atoms with E-state index in [0.717, 1.165) is 0 Å². The number of carbonyl (C=O) groups excluding carboxylic acids is 1. The molecule has 0 spiro atoms. The number of amides is 1. The molecule has 6 heteroatoms. The summed E-state index contributed by atoms with van der Waals surface area (Å²) in [6, 6.07) is 5.08. The molecule has 0 radical (unpaired) electrons. The second-order valence-electron chi connectivity index (χ2n) is 4.49. The third-order valence-electron chi connectivity index (χ3n) is 2.94. The summed E-state index contributed by atoms with van der Waals surface area (Å²) in [4.78, 5) is 22.5. The van der Waals surface area contributed by atoms with Crippen LogP contribution in [0.2, 0.25) is 0 Å². The Balaban J connectivity index is 2.43. The van der Waals surface area contributed by atoms with Gasteiger partial charge in [0.25, 0.3) is 5.91 Å². The van der Waals surface area contributed by atoms with Crippen LogP contribution in [0.4, 0.5) is 0 Å². The fourth-order valence-corrected chi connectivity index (χ4v) is 2.18. The number of benzene rings is 1. The molecular formula is C14H18BrNO4. The molecule has 1 rings (SSSR count). The van der Waals surface area contributed by atoms with E-state index in [-0.39, 0.29) is 11.8 Å². The Morgan fingerprint density at radius 1 is 1.45 bits per heavy atom. The van der Waals surface area contributed by atoms with Crippen LogP contribution >= 0.6 is 15.9 Å². The van der Waals surface area contributed by atoms with E-state index in [9.17, 15) is 9.59 Å². The van der Waals surface area contributed by atoms with Crippen LogP contribution in [0.25, 0.3) is 0 Å². The smallest absolute Gasteiger partial charge is 0.306 e. The van der Waals surface area contributed by atoms with Crippen LogP contribution in [-0.2, 0) is 4.79 Å². The van der Waals surface area contributed by atoms with Gasteiger partial charge in [0.15, 0.2) is 0 Å². The highest BCUT2D eigenvalue weighted by Gasteiger charge is 2.11. The number of nitrogens with one attached hydrogen (secondary N) is 1. The van der Waals surface area contributed by atoms with Crippen molar-refractivity contribution >= 4 is 27.8 Å². The molecule has 0 aliphatic carbocycles. The van der Waals surface area contributed by atoms with E-state index in [1.54, 1.807) is 32.2 Å². The normalized spacial score (nSPS) is 11.8. The first-order valence-electron chi connectivity index (χ1n) is 6.30. The molecule has 1 aromatic carbocycles. The summed E-state index contributed by atoms with van der Waals surface area (Å²) in [5.74, 6) is -0.717. The predicted octanol–water partition coefficient (Wildman–Crippen LogP) is 2.69. The quantitative estimate of drug-likeness (QED) is 0.746. The number of carboxylic acids is 1. The Morgan fingerprint density at radius 2 is 2.15 bits per heavy atom. The standard InChI is InChI=1S/C14H18BrNO4/c1-9(14(18)19)4-3-7-16-13(17)10-5-6-12(20-2)11(15)8-10/h5-6,8-9H,3-4,7H2,1-2H3,(H,16,17)(H,18,19). The zero-order chi connectivity index (χ0) is 15.1. The van der Waals surface area contributed by atoms with Crippen molar-refractivity contribution in [3.8, 4) is 5.75 Å². The SMILES string of the molecule is COc1ccc(C(=O)NCCCC(C)C(=O)O)cc1Br. The predicted molar refractivity (Wildman–Crippen MR) is 79.1 cm³/mol. The van der Waals surface area contributed by atoms with Gasteiger partial charge in [0, 0.05) is 12.1 Å². The van der Waals surface area contributed by atoms with Crippen molar-refractivity contribution in [2.75, 3.05) is 13.7 Å². The molecule has 1 atom stereocenters. The van der Waals surface area contributed by atoms with E-state index >= 15 is 0 Å². The van der Waals surface area contributed by atoms with E-state index in [2.05, 4.69) is 21.2 Å². The number of ether oxygens (including phenoxy) is 1. The van der Waals surface area contributed by atoms with Gasteiger partial charge in [0.05, 0.1) is 17.5 Å². The number of hydrogen-bond acceptors (Lipinski definition) is 3. The Labute approximate surface area is 126 Å². The number of hydrogen-bond donors (Lipinski definition) is 2. The first kappa shape index (κ1) is 16.5. The Kier molecular flexibility index (Phi) is 6.51. The van der Waals surface area contributed by atoms with E-state index < -0.39 is 5.97 Å². The number of halogens is 1. The number of methoxy groups -OCH3 is 1. The molecule has 1 amide bonds. The Hall–Kier alpha value is -1.56. The lowest BCUT2D eigenvalue weighted by Crippen LogP contribution is -2.25. The number of aliphatic carboxylic acids is 1. The molecule has 0 aliphatic heterocycles. The van der Waals surface area contributed by atoms with Gasteiger partial charge in [-0.25, -0.2) is 0 Å². The van der Waals surface area contributed by atoms with Gasteiger partial charge in [0.1, 0.15) is 5.75 Å². The highest BCUT2D eigenvalue weighted by Crippen LogP contribution is 2.25. The molecule has 2 N–H and O–H groups in total. The summed E-state index contributed by atoms with van der Waals surface area (Å²) in [7, 11) is 1.56. The van der Waals surface area contributed by atoms with E-state index in [1.807, 2.05) is 0 Å². The molecule has 20 heavy (non-hydrogen) atoms. The molecule has 5 nitrogen and oxygen atoms in total. The average molecular weight is 344 g/mol. The van der Waals surface area contributed by atoms with Gasteiger partial charge < -0.3 is 15.2 Å². The van der Waals surface area contributed by atoms with Crippen LogP contribution in [0.3, 0.4) is 0 Å². The van der Waals surface area contributed by atoms with Crippen molar-refractivity contribution in [2.24, 2.45) is 5.92 Å². The number of carbonyl (C=O) groups is 2. The monoisotopic (exact) mass is 343 g/mol. The molecule has 0 saturated heterocycles. The zero-order valence-electron chi connectivity index (χ0n) is 11.5. The largest absolute Gasteiger partial charge is 0.496 e. The fraction of sp³-hybridized carbons (Fsp3) is 0.429. The van der Waals surface area contributed by atoms with Gasteiger partial charge >= 0.3 is 5.97 Å². The maximum atomic E-state index is 11.9. The molecule has 0 aliphatic rings. The van der Waals surface area contributed by atoms with Gasteiger partial charge in [-0.15, -0.1) is 0 Å². The average Bonchev–Trinajstić information content (AvgIpc) is 2.42. The van der Waals surface area contributed by atoms with Crippen molar-refractivity contribution in [1.29, 1.82) is 0 Å². The van der Waals surface area contributed by atoms with Gasteiger partial charge in [-0.05, 0) is 47.0 Å². The van der Waals surface area contributed by atoms with Crippen molar-refractivity contribution < 1.29 is 19.4 Å². The van der Waals surface area contributed by atoms with Crippen molar-refractivity contribution in [2.45, 2.75) is 19.8 Å². The van der Waals surface area contributed by atoms with Gasteiger partial charge in [-0.2, -0.15) is 0 Å². The molecule has 1 unspecified atom stereocenters. The summed E-state index contributed by atoms with van der Waals surface area (Å²) >= 11 is 3.32. The first-order chi connectivity index (χ1) is 9.45. The second kappa shape index (κ2) is 7.89. The summed E-state index contributed by atoms with van der Waals surface area (Å²) in [6.07, 6.45) is 1.18. The van der Waals surface area contributed by atoms with Gasteiger partial charge in [-0.3, -0.25) is 9.59 Å². The third-order valence-corrected chi connectivity index (χ3v) is 3.55. The Bertz CT molecular complexity index is 490. The molecule has 0 heterocycles. The highest BCUT2D eigenvalue weighted by molar-refractivity contribution is 9.10. The number of carboxylic acid groups (broad SMARTS) is 1. The third kappa shape index (κ3) is 4.85. The molecule has 1 aromatic rings. The van der Waals surface area contributed by atoms with Crippen molar-refractivity contribution in [3.05, 3.63) is 28.2 Å². The molecule has 110 valence electrons. The topological polar surface area (TPSA) is 75.6 Å². The molecule has 0 bridgehead atoms. The Morgan fingerprint density at radius 3 is 2.70 bits per heavy atom. The lowest BCUT2D eigenvalue weighted by molar-refractivity contribution is -0.141. The lowest BCUT2D eigenvalue weighted by atomic mass is 10.1. The first-order valence-corrected chi connectivity index (χ1v) is 7.09. The van der Waals surface area contributed by atoms with Crippen molar-refractivity contribution in [3.63, 3.8) is 0 Å². The highest BCUT2D eigenvalue weighted by atomic mass is 79.9. The van der Waals surface area contributed by atoms with Crippen molar-refractivity contribution in [1.82, 2.24) is 5.32 Å². The summed E-state index contributed by atoms with van der Waals surface area (Å²) in [6.45, 7) is 2.12. The lowest BCUT2D eigenvalue weighted by Gasteiger charge is -2.09. The van der Waals surface area contributed by atoms with Crippen LogP contribution in [-0.4, -0.2) is 30.6 Å². The molecule has 0 fully saturated rings. The minimum atomic E-state index is -0.810. The zero-order valence-corrected chi connectivity index (χ0v) is 13.1. The van der Waals surface area contributed by atoms with Crippen LogP contribution in [0.5, 0.6) is 5.75 Å². The van der Waals surface area contributed by atoms with E-state index in [1.165, 1.54) is 0 Å². The molecular weight excluding hydrogens is 326 g/mol. The van der Waals surface area contributed by atoms with E-state index in [4.69, 9.17) is 9.84 Å². The molecule has 0 aromatic heterocycles. The number of rotatable bonds is 7. The van der Waals surface area contributed by atoms with Crippen LogP contribution in [0, 0.1) is 5.92 Å². The van der Waals surface area contributed by atoms with E-state index in [0.29, 0.717) is 35.2 Å². The van der Waals surface area contributed by atoms with Gasteiger partial charge in [0.2, 0.25) is 0 Å². The minimum absolute atomic E-state index is 0.184.